The Morgan fingerprint density at radius 1 is 1.33 bits per heavy atom. The molecular formula is C14H15BrFNS. The molecule has 18 heavy (non-hydrogen) atoms. The topological polar surface area (TPSA) is 12.0 Å². The number of aryl methyl sites for hydroxylation is 1. The van der Waals surface area contributed by atoms with Crippen LogP contribution in [0.25, 0.3) is 0 Å². The molecule has 96 valence electrons. The highest BCUT2D eigenvalue weighted by molar-refractivity contribution is 9.10. The molecule has 0 saturated heterocycles. The first-order valence-corrected chi connectivity index (χ1v) is 7.38. The van der Waals surface area contributed by atoms with Crippen LogP contribution in [-0.4, -0.2) is 7.05 Å². The van der Waals surface area contributed by atoms with Gasteiger partial charge in [0.2, 0.25) is 0 Å². The molecule has 0 aliphatic heterocycles. The normalized spacial score (nSPS) is 12.7. The molecule has 1 unspecified atom stereocenters. The number of nitrogens with one attached hydrogen (secondary N) is 1. The second kappa shape index (κ2) is 5.95. The van der Waals surface area contributed by atoms with Crippen LogP contribution in [0.5, 0.6) is 0 Å². The van der Waals surface area contributed by atoms with Crippen LogP contribution >= 0.6 is 27.3 Å². The summed E-state index contributed by atoms with van der Waals surface area (Å²) in [6.45, 7) is 2.08. The molecule has 0 fully saturated rings. The number of likely N-dealkylation sites (N-methyl/N-ethyl adjacent to an activating group) is 1. The van der Waals surface area contributed by atoms with Gasteiger partial charge in [-0.15, -0.1) is 11.3 Å². The van der Waals surface area contributed by atoms with Crippen molar-refractivity contribution in [3.8, 4) is 0 Å². The van der Waals surface area contributed by atoms with Gasteiger partial charge in [0.05, 0.1) is 0 Å². The van der Waals surface area contributed by atoms with Crippen LogP contribution < -0.4 is 5.32 Å². The van der Waals surface area contributed by atoms with E-state index in [1.54, 1.807) is 17.4 Å². The van der Waals surface area contributed by atoms with Crippen LogP contribution in [0, 0.1) is 12.7 Å². The third-order valence-electron chi connectivity index (χ3n) is 2.88. The third kappa shape index (κ3) is 3.19. The fourth-order valence-electron chi connectivity index (χ4n) is 1.91. The van der Waals surface area contributed by atoms with Crippen LogP contribution in [0.2, 0.25) is 0 Å². The van der Waals surface area contributed by atoms with Crippen molar-refractivity contribution in [1.82, 2.24) is 5.32 Å². The zero-order valence-electron chi connectivity index (χ0n) is 10.3. The zero-order chi connectivity index (χ0) is 13.1. The molecule has 0 spiro atoms. The molecule has 1 nitrogen and oxygen atoms in total. The summed E-state index contributed by atoms with van der Waals surface area (Å²) < 4.78 is 14.7. The summed E-state index contributed by atoms with van der Waals surface area (Å²) in [5.74, 6) is -0.147. The number of halogens is 2. The maximum absolute atomic E-state index is 13.7. The largest absolute Gasteiger partial charge is 0.312 e. The Bertz CT molecular complexity index is 538. The molecule has 0 saturated carbocycles. The Morgan fingerprint density at radius 2 is 2.11 bits per heavy atom. The van der Waals surface area contributed by atoms with Gasteiger partial charge < -0.3 is 5.32 Å². The molecule has 1 aromatic carbocycles. The van der Waals surface area contributed by atoms with E-state index in [9.17, 15) is 4.39 Å². The Hall–Kier alpha value is -0.710. The SMILES string of the molecule is CNC(Cc1cc(Br)ccc1F)c1ccc(C)s1. The molecule has 1 atom stereocenters. The molecule has 0 aliphatic rings. The van der Waals surface area contributed by atoms with E-state index < -0.39 is 0 Å². The van der Waals surface area contributed by atoms with Gasteiger partial charge in [0, 0.05) is 20.3 Å². The summed E-state index contributed by atoms with van der Waals surface area (Å²) >= 11 is 5.14. The van der Waals surface area contributed by atoms with Crippen molar-refractivity contribution in [2.24, 2.45) is 0 Å². The van der Waals surface area contributed by atoms with E-state index in [1.165, 1.54) is 15.8 Å². The van der Waals surface area contributed by atoms with Crippen molar-refractivity contribution >= 4 is 27.3 Å². The van der Waals surface area contributed by atoms with Gasteiger partial charge in [0.25, 0.3) is 0 Å². The third-order valence-corrected chi connectivity index (χ3v) is 4.49. The molecule has 4 heteroatoms. The Kier molecular flexibility index (Phi) is 4.54. The van der Waals surface area contributed by atoms with Gasteiger partial charge in [-0.2, -0.15) is 0 Å². The van der Waals surface area contributed by atoms with Gasteiger partial charge in [-0.05, 0) is 56.3 Å². The number of rotatable bonds is 4. The molecule has 1 N–H and O–H groups in total. The van der Waals surface area contributed by atoms with E-state index in [1.807, 2.05) is 13.1 Å². The van der Waals surface area contributed by atoms with Crippen LogP contribution in [0.4, 0.5) is 4.39 Å². The summed E-state index contributed by atoms with van der Waals surface area (Å²) in [7, 11) is 1.91. The molecule has 2 rings (SSSR count). The summed E-state index contributed by atoms with van der Waals surface area (Å²) in [5.41, 5.74) is 0.731. The number of hydrogen-bond donors (Lipinski definition) is 1. The Labute approximate surface area is 119 Å². The van der Waals surface area contributed by atoms with E-state index >= 15 is 0 Å². The first-order chi connectivity index (χ1) is 8.60. The number of hydrogen-bond acceptors (Lipinski definition) is 2. The second-order valence-electron chi connectivity index (χ2n) is 4.23. The molecule has 0 bridgehead atoms. The van der Waals surface area contributed by atoms with Crippen molar-refractivity contribution in [2.45, 2.75) is 19.4 Å². The minimum Gasteiger partial charge on any atom is -0.312 e. The highest BCUT2D eigenvalue weighted by atomic mass is 79.9. The van der Waals surface area contributed by atoms with Gasteiger partial charge >= 0.3 is 0 Å². The lowest BCUT2D eigenvalue weighted by Gasteiger charge is -2.15. The van der Waals surface area contributed by atoms with Crippen LogP contribution in [-0.2, 0) is 6.42 Å². The highest BCUT2D eigenvalue weighted by Gasteiger charge is 2.14. The summed E-state index contributed by atoms with van der Waals surface area (Å²) in [4.78, 5) is 2.52. The van der Waals surface area contributed by atoms with Crippen LogP contribution in [0.15, 0.2) is 34.8 Å². The van der Waals surface area contributed by atoms with Gasteiger partial charge in [-0.25, -0.2) is 4.39 Å². The lowest BCUT2D eigenvalue weighted by atomic mass is 10.0. The van der Waals surface area contributed by atoms with Gasteiger partial charge in [0.15, 0.2) is 0 Å². The quantitative estimate of drug-likeness (QED) is 0.874. The van der Waals surface area contributed by atoms with E-state index in [-0.39, 0.29) is 11.9 Å². The highest BCUT2D eigenvalue weighted by Crippen LogP contribution is 2.27. The molecule has 2 aromatic rings. The van der Waals surface area contributed by atoms with Crippen molar-refractivity contribution < 1.29 is 4.39 Å². The molecule has 0 amide bonds. The smallest absolute Gasteiger partial charge is 0.126 e. The summed E-state index contributed by atoms with van der Waals surface area (Å²) in [6.07, 6.45) is 0.654. The standard InChI is InChI=1S/C14H15BrFNS/c1-9-3-6-14(18-9)13(17-2)8-10-7-11(15)4-5-12(10)16/h3-7,13,17H,8H2,1-2H3. The lowest BCUT2D eigenvalue weighted by molar-refractivity contribution is 0.559. The second-order valence-corrected chi connectivity index (χ2v) is 6.46. The Balaban J connectivity index is 2.22. The molecule has 0 aliphatic carbocycles. The Morgan fingerprint density at radius 3 is 2.72 bits per heavy atom. The minimum absolute atomic E-state index is 0.147. The van der Waals surface area contributed by atoms with Gasteiger partial charge in [-0.3, -0.25) is 0 Å². The first-order valence-electron chi connectivity index (χ1n) is 5.77. The minimum atomic E-state index is -0.147. The maximum Gasteiger partial charge on any atom is 0.126 e. The van der Waals surface area contributed by atoms with E-state index in [4.69, 9.17) is 0 Å². The molecular weight excluding hydrogens is 313 g/mol. The molecule has 1 aromatic heterocycles. The molecule has 0 radical (unpaired) electrons. The van der Waals surface area contributed by atoms with Crippen molar-refractivity contribution in [3.63, 3.8) is 0 Å². The van der Waals surface area contributed by atoms with E-state index in [2.05, 4.69) is 40.3 Å². The maximum atomic E-state index is 13.7. The first kappa shape index (κ1) is 13.7. The predicted molar refractivity (Wildman–Crippen MR) is 78.7 cm³/mol. The fourth-order valence-corrected chi connectivity index (χ4v) is 3.30. The van der Waals surface area contributed by atoms with E-state index in [0.717, 1.165) is 10.0 Å². The van der Waals surface area contributed by atoms with Gasteiger partial charge in [0.1, 0.15) is 5.82 Å². The zero-order valence-corrected chi connectivity index (χ0v) is 12.7. The van der Waals surface area contributed by atoms with Crippen LogP contribution in [0.3, 0.4) is 0 Å². The monoisotopic (exact) mass is 327 g/mol. The van der Waals surface area contributed by atoms with Crippen LogP contribution in [0.1, 0.15) is 21.4 Å². The number of benzene rings is 1. The average Bonchev–Trinajstić information content (AvgIpc) is 2.77. The summed E-state index contributed by atoms with van der Waals surface area (Å²) in [6, 6.07) is 9.44. The lowest BCUT2D eigenvalue weighted by Crippen LogP contribution is -2.18. The van der Waals surface area contributed by atoms with Crippen molar-refractivity contribution in [3.05, 3.63) is 55.9 Å². The molecule has 1 heterocycles. The predicted octanol–water partition coefficient (Wildman–Crippen LogP) is 4.46. The average molecular weight is 328 g/mol. The fraction of sp³-hybridized carbons (Fsp3) is 0.286. The van der Waals surface area contributed by atoms with Crippen molar-refractivity contribution in [2.75, 3.05) is 7.05 Å². The summed E-state index contributed by atoms with van der Waals surface area (Å²) in [5, 5.41) is 3.26. The van der Waals surface area contributed by atoms with Crippen molar-refractivity contribution in [1.29, 1.82) is 0 Å². The number of thiophene rings is 1. The van der Waals surface area contributed by atoms with Gasteiger partial charge in [-0.1, -0.05) is 15.9 Å². The van der Waals surface area contributed by atoms with E-state index in [0.29, 0.717) is 6.42 Å².